The Labute approximate surface area is 154 Å². The highest BCUT2D eigenvalue weighted by atomic mass is 32.1. The summed E-state index contributed by atoms with van der Waals surface area (Å²) in [6.07, 6.45) is 3.98. The molecule has 1 aliphatic rings. The number of aromatic nitrogens is 4. The predicted molar refractivity (Wildman–Crippen MR) is 100 cm³/mol. The summed E-state index contributed by atoms with van der Waals surface area (Å²) in [5, 5.41) is 8.65. The number of nitrogens with zero attached hydrogens (tertiary/aromatic N) is 5. The first-order valence-corrected chi connectivity index (χ1v) is 9.60. The summed E-state index contributed by atoms with van der Waals surface area (Å²) in [4.78, 5) is 19.4. The Balaban J connectivity index is 1.45. The lowest BCUT2D eigenvalue weighted by molar-refractivity contribution is 0.0706. The van der Waals surface area contributed by atoms with Crippen LogP contribution in [-0.2, 0) is 0 Å². The van der Waals surface area contributed by atoms with Crippen molar-refractivity contribution in [1.82, 2.24) is 24.5 Å². The minimum absolute atomic E-state index is 0.0818. The number of hydrogen-bond acceptors (Lipinski definition) is 5. The molecule has 0 spiro atoms. The Kier molecular flexibility index (Phi) is 3.67. The fraction of sp³-hybridized carbons (Fsp3) is 0.263. The van der Waals surface area contributed by atoms with Crippen LogP contribution in [-0.4, -0.2) is 43.5 Å². The molecule has 7 heteroatoms. The Bertz CT molecular complexity index is 1100. The molecule has 0 saturated carbocycles. The summed E-state index contributed by atoms with van der Waals surface area (Å²) in [5.74, 6) is 1.22. The van der Waals surface area contributed by atoms with Gasteiger partial charge in [0.15, 0.2) is 5.65 Å². The molecule has 26 heavy (non-hydrogen) atoms. The molecule has 1 fully saturated rings. The number of hydrogen-bond donors (Lipinski definition) is 0. The van der Waals surface area contributed by atoms with Gasteiger partial charge in [0, 0.05) is 25.2 Å². The zero-order valence-electron chi connectivity index (χ0n) is 14.1. The summed E-state index contributed by atoms with van der Waals surface area (Å²) in [5.41, 5.74) is 4.28. The van der Waals surface area contributed by atoms with Crippen LogP contribution in [0.1, 0.15) is 34.9 Å². The zero-order chi connectivity index (χ0) is 17.5. The number of rotatable bonds is 2. The standard InChI is InChI=1S/C19H17N5OS/c25-19(14-6-3-7-15-17(14)26-12-20-15)23-9-4-5-13(11-23)18-22-21-16-8-1-2-10-24(16)18/h1-3,6-8,10,12-13H,4-5,9,11H2. The Hall–Kier alpha value is -2.80. The van der Waals surface area contributed by atoms with Crippen molar-refractivity contribution in [3.05, 3.63) is 59.5 Å². The highest BCUT2D eigenvalue weighted by molar-refractivity contribution is 7.17. The molecule has 0 N–H and O–H groups in total. The van der Waals surface area contributed by atoms with E-state index in [9.17, 15) is 4.79 Å². The molecule has 0 radical (unpaired) electrons. The number of pyridine rings is 1. The molecule has 1 aromatic carbocycles. The van der Waals surface area contributed by atoms with Crippen LogP contribution >= 0.6 is 11.3 Å². The minimum Gasteiger partial charge on any atom is -0.338 e. The summed E-state index contributed by atoms with van der Waals surface area (Å²) < 4.78 is 3.00. The van der Waals surface area contributed by atoms with E-state index in [1.54, 1.807) is 5.51 Å². The van der Waals surface area contributed by atoms with Crippen LogP contribution < -0.4 is 0 Å². The molecule has 0 aliphatic carbocycles. The number of piperidine rings is 1. The zero-order valence-corrected chi connectivity index (χ0v) is 14.9. The maximum atomic E-state index is 13.2. The van der Waals surface area contributed by atoms with E-state index >= 15 is 0 Å². The molecule has 1 amide bonds. The molecular weight excluding hydrogens is 346 g/mol. The quantitative estimate of drug-likeness (QED) is 0.548. The number of thiazole rings is 1. The van der Waals surface area contributed by atoms with Crippen LogP contribution in [0.5, 0.6) is 0 Å². The van der Waals surface area contributed by atoms with Crippen molar-refractivity contribution in [2.75, 3.05) is 13.1 Å². The topological polar surface area (TPSA) is 63.4 Å². The number of benzene rings is 1. The summed E-state index contributed by atoms with van der Waals surface area (Å²) >= 11 is 1.52. The van der Waals surface area contributed by atoms with Crippen molar-refractivity contribution in [3.8, 4) is 0 Å². The summed E-state index contributed by atoms with van der Waals surface area (Å²) in [6, 6.07) is 11.6. The van der Waals surface area contributed by atoms with Gasteiger partial charge in [0.2, 0.25) is 0 Å². The van der Waals surface area contributed by atoms with E-state index in [1.807, 2.05) is 51.9 Å². The second-order valence-electron chi connectivity index (χ2n) is 6.58. The van der Waals surface area contributed by atoms with Crippen LogP contribution in [0.2, 0.25) is 0 Å². The fourth-order valence-electron chi connectivity index (χ4n) is 3.74. The first-order valence-electron chi connectivity index (χ1n) is 8.72. The predicted octanol–water partition coefficient (Wildman–Crippen LogP) is 3.36. The van der Waals surface area contributed by atoms with Crippen LogP contribution in [0.3, 0.4) is 0 Å². The number of amides is 1. The van der Waals surface area contributed by atoms with Crippen molar-refractivity contribution < 1.29 is 4.79 Å². The highest BCUT2D eigenvalue weighted by Gasteiger charge is 2.29. The molecule has 5 rings (SSSR count). The lowest BCUT2D eigenvalue weighted by atomic mass is 9.96. The highest BCUT2D eigenvalue weighted by Crippen LogP contribution is 2.29. The van der Waals surface area contributed by atoms with Gasteiger partial charge < -0.3 is 4.90 Å². The normalized spacial score (nSPS) is 17.8. The summed E-state index contributed by atoms with van der Waals surface area (Å²) in [6.45, 7) is 1.45. The van der Waals surface area contributed by atoms with E-state index in [0.717, 1.165) is 46.6 Å². The number of carbonyl (C=O) groups excluding carboxylic acids is 1. The van der Waals surface area contributed by atoms with Gasteiger partial charge in [0.1, 0.15) is 5.82 Å². The molecule has 6 nitrogen and oxygen atoms in total. The number of carbonyl (C=O) groups is 1. The van der Waals surface area contributed by atoms with Gasteiger partial charge in [-0.05, 0) is 37.1 Å². The van der Waals surface area contributed by atoms with Crippen molar-refractivity contribution in [3.63, 3.8) is 0 Å². The van der Waals surface area contributed by atoms with Gasteiger partial charge in [0.25, 0.3) is 5.91 Å². The first kappa shape index (κ1) is 15.5. The van der Waals surface area contributed by atoms with Gasteiger partial charge in [-0.2, -0.15) is 0 Å². The van der Waals surface area contributed by atoms with E-state index in [0.29, 0.717) is 6.54 Å². The summed E-state index contributed by atoms with van der Waals surface area (Å²) in [7, 11) is 0. The van der Waals surface area contributed by atoms with Crippen LogP contribution in [0, 0.1) is 0 Å². The fourth-order valence-corrected chi connectivity index (χ4v) is 4.53. The molecular formula is C19H17N5OS. The van der Waals surface area contributed by atoms with Gasteiger partial charge in [-0.25, -0.2) is 4.98 Å². The van der Waals surface area contributed by atoms with Crippen LogP contribution in [0.4, 0.5) is 0 Å². The van der Waals surface area contributed by atoms with Crippen LogP contribution in [0.25, 0.3) is 15.9 Å². The monoisotopic (exact) mass is 363 g/mol. The molecule has 130 valence electrons. The third kappa shape index (κ3) is 2.47. The van der Waals surface area contributed by atoms with E-state index in [-0.39, 0.29) is 11.8 Å². The van der Waals surface area contributed by atoms with Gasteiger partial charge in [-0.1, -0.05) is 12.1 Å². The van der Waals surface area contributed by atoms with Gasteiger partial charge in [-0.3, -0.25) is 9.20 Å². The van der Waals surface area contributed by atoms with Crippen molar-refractivity contribution in [1.29, 1.82) is 0 Å². The van der Waals surface area contributed by atoms with E-state index < -0.39 is 0 Å². The Morgan fingerprint density at radius 1 is 1.15 bits per heavy atom. The maximum absolute atomic E-state index is 13.2. The Morgan fingerprint density at radius 3 is 3.08 bits per heavy atom. The van der Waals surface area contributed by atoms with Crippen molar-refractivity contribution in [2.24, 2.45) is 0 Å². The maximum Gasteiger partial charge on any atom is 0.255 e. The number of likely N-dealkylation sites (tertiary alicyclic amines) is 1. The third-order valence-corrected chi connectivity index (χ3v) is 5.88. The third-order valence-electron chi connectivity index (χ3n) is 5.00. The minimum atomic E-state index is 0.0818. The number of fused-ring (bicyclic) bond motifs is 2. The second-order valence-corrected chi connectivity index (χ2v) is 7.44. The van der Waals surface area contributed by atoms with Crippen LogP contribution in [0.15, 0.2) is 48.1 Å². The van der Waals surface area contributed by atoms with Crippen molar-refractivity contribution >= 4 is 33.1 Å². The van der Waals surface area contributed by atoms with Gasteiger partial charge >= 0.3 is 0 Å². The molecule has 1 aliphatic heterocycles. The second kappa shape index (κ2) is 6.17. The van der Waals surface area contributed by atoms with Crippen molar-refractivity contribution in [2.45, 2.75) is 18.8 Å². The SMILES string of the molecule is O=C(c1cccc2ncsc12)N1CCCC(c2nnc3ccccn23)C1. The largest absolute Gasteiger partial charge is 0.338 e. The molecule has 4 aromatic rings. The lowest BCUT2D eigenvalue weighted by Gasteiger charge is -2.32. The molecule has 1 unspecified atom stereocenters. The molecule has 1 saturated heterocycles. The smallest absolute Gasteiger partial charge is 0.255 e. The van der Waals surface area contributed by atoms with Gasteiger partial charge in [0.05, 0.1) is 21.3 Å². The molecule has 4 heterocycles. The average Bonchev–Trinajstić information content (AvgIpc) is 3.34. The Morgan fingerprint density at radius 2 is 2.12 bits per heavy atom. The molecule has 3 aromatic heterocycles. The molecule has 1 atom stereocenters. The molecule has 0 bridgehead atoms. The average molecular weight is 363 g/mol. The van der Waals surface area contributed by atoms with Gasteiger partial charge in [-0.15, -0.1) is 21.5 Å². The first-order chi connectivity index (χ1) is 12.8. The van der Waals surface area contributed by atoms with E-state index in [1.165, 1.54) is 11.3 Å². The van der Waals surface area contributed by atoms with E-state index in [4.69, 9.17) is 0 Å². The lowest BCUT2D eigenvalue weighted by Crippen LogP contribution is -2.39. The van der Waals surface area contributed by atoms with E-state index in [2.05, 4.69) is 15.2 Å².